The number of aliphatic hydroxyl groups excluding tert-OH is 4. The van der Waals surface area contributed by atoms with Gasteiger partial charge in [0.1, 0.15) is 12.2 Å². The molecular formula is C28H56N2O9. The number of hydrogen-bond donors (Lipinski definition) is 5. The van der Waals surface area contributed by atoms with Crippen LogP contribution in [0.4, 0.5) is 0 Å². The van der Waals surface area contributed by atoms with Gasteiger partial charge in [-0.2, -0.15) is 0 Å². The third-order valence-electron chi connectivity index (χ3n) is 7.15. The van der Waals surface area contributed by atoms with E-state index in [9.17, 15) is 30.0 Å². The number of likely N-dealkylation sites (tertiary alicyclic amines) is 1. The highest BCUT2D eigenvalue weighted by molar-refractivity contribution is 5.77. The third kappa shape index (κ3) is 12.8. The smallest absolute Gasteiger partial charge is 0.222 e. The Morgan fingerprint density at radius 1 is 0.974 bits per heavy atom. The number of nitrogens with zero attached hydrogens (tertiary/aromatic N) is 1. The Hall–Kier alpha value is -1.34. The van der Waals surface area contributed by atoms with E-state index < -0.39 is 37.1 Å². The summed E-state index contributed by atoms with van der Waals surface area (Å²) in [6.45, 7) is 6.82. The Kier molecular flexibility index (Phi) is 20.7. The minimum atomic E-state index is -1.13. The van der Waals surface area contributed by atoms with Gasteiger partial charge in [-0.15, -0.1) is 0 Å². The lowest BCUT2D eigenvalue weighted by molar-refractivity contribution is -0.282. The molecule has 0 aromatic rings. The van der Waals surface area contributed by atoms with Crippen molar-refractivity contribution in [3.63, 3.8) is 0 Å². The molecule has 2 heterocycles. The fourth-order valence-corrected chi connectivity index (χ4v) is 4.74. The molecule has 0 aromatic carbocycles. The molecule has 2 aliphatic heterocycles. The predicted octanol–water partition coefficient (Wildman–Crippen LogP) is 1.59. The van der Waals surface area contributed by atoms with Crippen LogP contribution in [0.1, 0.15) is 86.0 Å². The van der Waals surface area contributed by atoms with E-state index in [1.54, 1.807) is 18.9 Å². The summed E-state index contributed by atoms with van der Waals surface area (Å²) in [6.07, 6.45) is 2.51. The van der Waals surface area contributed by atoms with Crippen molar-refractivity contribution in [3.8, 4) is 0 Å². The molecule has 0 radical (unpaired) electrons. The standard InChI is InChI=1S/C25H46N2O9.C2H6.CH4/c1-17-23(32)24(33)20(16-29)36-25(17)35-12-8-4-5-9-21(30)26-11-7-3-6-10-22(31)27-14-19(34-2)13-18(27)15-28;1-2;/h17-20,23-25,28-29,32-33H,3-16H2,1-2H3,(H,26,30);1-2H3;1H4/t17?,18-,19+,20?,23+,24-,25+;;/m0../s1. The third-order valence-corrected chi connectivity index (χ3v) is 7.15. The first kappa shape index (κ1) is 37.7. The zero-order valence-corrected chi connectivity index (χ0v) is 23.7. The number of nitrogens with one attached hydrogen (secondary N) is 1. The van der Waals surface area contributed by atoms with Crippen LogP contribution in [0.15, 0.2) is 0 Å². The average Bonchev–Trinajstić information content (AvgIpc) is 3.37. The van der Waals surface area contributed by atoms with Gasteiger partial charge in [0.15, 0.2) is 6.29 Å². The Bertz CT molecular complexity index is 653. The largest absolute Gasteiger partial charge is 0.394 e. The molecular weight excluding hydrogens is 508 g/mol. The molecule has 2 saturated heterocycles. The van der Waals surface area contributed by atoms with Crippen molar-refractivity contribution >= 4 is 11.8 Å². The van der Waals surface area contributed by atoms with Crippen molar-refractivity contribution in [1.82, 2.24) is 10.2 Å². The van der Waals surface area contributed by atoms with Crippen molar-refractivity contribution < 1.29 is 44.2 Å². The molecule has 0 saturated carbocycles. The van der Waals surface area contributed by atoms with Gasteiger partial charge in [0, 0.05) is 45.6 Å². The fraction of sp³-hybridized carbons (Fsp3) is 0.929. The van der Waals surface area contributed by atoms with Crippen molar-refractivity contribution in [2.24, 2.45) is 5.92 Å². The molecule has 2 rings (SSSR count). The van der Waals surface area contributed by atoms with E-state index in [0.717, 1.165) is 38.5 Å². The van der Waals surface area contributed by atoms with Gasteiger partial charge in [-0.1, -0.05) is 41.0 Å². The van der Waals surface area contributed by atoms with E-state index in [1.807, 2.05) is 13.8 Å². The lowest BCUT2D eigenvalue weighted by Gasteiger charge is -2.40. The Morgan fingerprint density at radius 3 is 2.28 bits per heavy atom. The van der Waals surface area contributed by atoms with Crippen LogP contribution in [0.5, 0.6) is 0 Å². The van der Waals surface area contributed by atoms with E-state index >= 15 is 0 Å². The summed E-state index contributed by atoms with van der Waals surface area (Å²) < 4.78 is 16.5. The van der Waals surface area contributed by atoms with Crippen LogP contribution in [-0.2, 0) is 23.8 Å². The zero-order valence-electron chi connectivity index (χ0n) is 23.7. The zero-order chi connectivity index (χ0) is 28.5. The highest BCUT2D eigenvalue weighted by atomic mass is 16.7. The second-order valence-corrected chi connectivity index (χ2v) is 9.88. The van der Waals surface area contributed by atoms with Crippen molar-refractivity contribution in [2.45, 2.75) is 123 Å². The van der Waals surface area contributed by atoms with Gasteiger partial charge in [-0.25, -0.2) is 0 Å². The molecule has 0 aromatic heterocycles. The van der Waals surface area contributed by atoms with Crippen LogP contribution < -0.4 is 5.32 Å². The monoisotopic (exact) mass is 564 g/mol. The van der Waals surface area contributed by atoms with Gasteiger partial charge in [0.2, 0.25) is 11.8 Å². The SMILES string of the molecule is C.CC.CO[C@@H]1C[C@@H](CO)N(C(=O)CCCCCNC(=O)CCCCCO[C@@H]2OC(CO)[C@H](O)[C@H](O)C2C)C1. The number of amides is 2. The molecule has 2 unspecified atom stereocenters. The fourth-order valence-electron chi connectivity index (χ4n) is 4.74. The van der Waals surface area contributed by atoms with Crippen LogP contribution in [0.3, 0.4) is 0 Å². The van der Waals surface area contributed by atoms with Gasteiger partial charge in [0.05, 0.1) is 31.5 Å². The number of hydrogen-bond acceptors (Lipinski definition) is 9. The molecule has 0 spiro atoms. The van der Waals surface area contributed by atoms with Gasteiger partial charge in [-0.3, -0.25) is 9.59 Å². The number of carbonyl (C=O) groups excluding carboxylic acids is 2. The molecule has 0 bridgehead atoms. The molecule has 7 atom stereocenters. The van der Waals surface area contributed by atoms with Gasteiger partial charge >= 0.3 is 0 Å². The quantitative estimate of drug-likeness (QED) is 0.176. The molecule has 0 aliphatic carbocycles. The topological polar surface area (TPSA) is 158 Å². The van der Waals surface area contributed by atoms with E-state index in [0.29, 0.717) is 39.0 Å². The lowest BCUT2D eigenvalue weighted by Crippen LogP contribution is -2.55. The summed E-state index contributed by atoms with van der Waals surface area (Å²) in [5.41, 5.74) is 0. The molecule has 11 heteroatoms. The van der Waals surface area contributed by atoms with Crippen LogP contribution in [-0.4, -0.2) is 114 Å². The summed E-state index contributed by atoms with van der Waals surface area (Å²) >= 11 is 0. The Balaban J connectivity index is 0.00000470. The van der Waals surface area contributed by atoms with Crippen molar-refractivity contribution in [1.29, 1.82) is 0 Å². The molecule has 11 nitrogen and oxygen atoms in total. The number of unbranched alkanes of at least 4 members (excludes halogenated alkanes) is 4. The first-order valence-electron chi connectivity index (χ1n) is 14.3. The van der Waals surface area contributed by atoms with E-state index in [4.69, 9.17) is 14.2 Å². The number of aliphatic hydroxyl groups is 4. The highest BCUT2D eigenvalue weighted by Crippen LogP contribution is 2.27. The maximum atomic E-state index is 12.4. The lowest BCUT2D eigenvalue weighted by atomic mass is 9.92. The first-order valence-corrected chi connectivity index (χ1v) is 14.3. The normalized spacial score (nSPS) is 28.3. The number of carbonyl (C=O) groups is 2. The van der Waals surface area contributed by atoms with E-state index in [-0.39, 0.29) is 38.0 Å². The van der Waals surface area contributed by atoms with E-state index in [2.05, 4.69) is 5.32 Å². The van der Waals surface area contributed by atoms with E-state index in [1.165, 1.54) is 0 Å². The minimum Gasteiger partial charge on any atom is -0.394 e. The number of ether oxygens (including phenoxy) is 3. The number of methoxy groups -OCH3 is 1. The van der Waals surface area contributed by atoms with Gasteiger partial charge in [-0.05, 0) is 32.1 Å². The summed E-state index contributed by atoms with van der Waals surface area (Å²) in [7, 11) is 1.62. The molecule has 2 aliphatic rings. The maximum absolute atomic E-state index is 12.4. The molecule has 39 heavy (non-hydrogen) atoms. The van der Waals surface area contributed by atoms with Crippen LogP contribution in [0.2, 0.25) is 0 Å². The second kappa shape index (κ2) is 21.4. The first-order chi connectivity index (χ1) is 18.3. The van der Waals surface area contributed by atoms with Crippen LogP contribution >= 0.6 is 0 Å². The summed E-state index contributed by atoms with van der Waals surface area (Å²) in [4.78, 5) is 26.2. The molecule has 2 fully saturated rings. The summed E-state index contributed by atoms with van der Waals surface area (Å²) in [5, 5.41) is 41.6. The van der Waals surface area contributed by atoms with Crippen molar-refractivity contribution in [2.75, 3.05) is 40.0 Å². The van der Waals surface area contributed by atoms with Gasteiger partial charge in [0.25, 0.3) is 0 Å². The van der Waals surface area contributed by atoms with Crippen LogP contribution in [0, 0.1) is 5.92 Å². The Morgan fingerprint density at radius 2 is 1.64 bits per heavy atom. The summed E-state index contributed by atoms with van der Waals surface area (Å²) in [5.74, 6) is -0.354. The molecule has 232 valence electrons. The average molecular weight is 565 g/mol. The highest BCUT2D eigenvalue weighted by Gasteiger charge is 2.42. The second-order valence-electron chi connectivity index (χ2n) is 9.88. The Labute approximate surface area is 235 Å². The predicted molar refractivity (Wildman–Crippen MR) is 149 cm³/mol. The van der Waals surface area contributed by atoms with Gasteiger partial charge < -0.3 is 44.9 Å². The molecule has 2 amide bonds. The van der Waals surface area contributed by atoms with Crippen molar-refractivity contribution in [3.05, 3.63) is 0 Å². The molecule has 5 N–H and O–H groups in total. The summed E-state index contributed by atoms with van der Waals surface area (Å²) in [6, 6.07) is -0.155. The van der Waals surface area contributed by atoms with Crippen LogP contribution in [0.25, 0.3) is 0 Å². The maximum Gasteiger partial charge on any atom is 0.222 e. The number of rotatable bonds is 16. The minimum absolute atomic E-state index is 0.